The van der Waals surface area contributed by atoms with Gasteiger partial charge in [-0.15, -0.1) is 0 Å². The summed E-state index contributed by atoms with van der Waals surface area (Å²) >= 11 is 0. The average molecular weight is 340 g/mol. The molecule has 1 fully saturated rings. The van der Waals surface area contributed by atoms with Gasteiger partial charge in [0.15, 0.2) is 0 Å². The Morgan fingerprint density at radius 1 is 1.13 bits per heavy atom. The van der Waals surface area contributed by atoms with Crippen molar-refractivity contribution in [3.05, 3.63) is 29.8 Å². The summed E-state index contributed by atoms with van der Waals surface area (Å²) in [6.07, 6.45) is 2.86. The van der Waals surface area contributed by atoms with Gasteiger partial charge in [0.25, 0.3) is 0 Å². The number of methoxy groups -OCH3 is 1. The number of ether oxygens (including phenoxy) is 1. The van der Waals surface area contributed by atoms with Crippen molar-refractivity contribution in [2.45, 2.75) is 50.3 Å². The lowest BCUT2D eigenvalue weighted by molar-refractivity contribution is 0.158. The SMILES string of the molecule is COCCC1CCN(S(=O)(=O)c2ccc(C(C)(C)C)cc2)CC1. The van der Waals surface area contributed by atoms with Gasteiger partial charge in [0.1, 0.15) is 0 Å². The van der Waals surface area contributed by atoms with E-state index in [1.54, 1.807) is 23.5 Å². The molecule has 0 amide bonds. The van der Waals surface area contributed by atoms with Crippen LogP contribution in [0.2, 0.25) is 0 Å². The molecule has 0 unspecified atom stereocenters. The first kappa shape index (κ1) is 18.4. The molecular formula is C18H29NO3S. The van der Waals surface area contributed by atoms with Crippen LogP contribution < -0.4 is 0 Å². The van der Waals surface area contributed by atoms with E-state index in [0.29, 0.717) is 23.9 Å². The fourth-order valence-corrected chi connectivity index (χ4v) is 4.47. The molecule has 0 atom stereocenters. The molecule has 1 saturated heterocycles. The summed E-state index contributed by atoms with van der Waals surface area (Å²) < 4.78 is 32.3. The Morgan fingerprint density at radius 3 is 2.17 bits per heavy atom. The minimum atomic E-state index is -3.37. The maximum atomic E-state index is 12.8. The normalized spacial score (nSPS) is 18.3. The van der Waals surface area contributed by atoms with E-state index in [4.69, 9.17) is 4.74 Å². The monoisotopic (exact) mass is 339 g/mol. The molecule has 5 heteroatoms. The van der Waals surface area contributed by atoms with Crippen molar-refractivity contribution >= 4 is 10.0 Å². The van der Waals surface area contributed by atoms with E-state index in [-0.39, 0.29) is 5.41 Å². The van der Waals surface area contributed by atoms with Gasteiger partial charge in [-0.3, -0.25) is 0 Å². The van der Waals surface area contributed by atoms with Crippen LogP contribution in [0.15, 0.2) is 29.2 Å². The van der Waals surface area contributed by atoms with Crippen LogP contribution in [0, 0.1) is 5.92 Å². The second kappa shape index (κ2) is 7.32. The van der Waals surface area contributed by atoms with E-state index in [0.717, 1.165) is 31.4 Å². The molecule has 1 aliphatic rings. The highest BCUT2D eigenvalue weighted by atomic mass is 32.2. The van der Waals surface area contributed by atoms with Gasteiger partial charge < -0.3 is 4.74 Å². The predicted octanol–water partition coefficient (Wildman–Crippen LogP) is 3.42. The lowest BCUT2D eigenvalue weighted by Crippen LogP contribution is -2.38. The van der Waals surface area contributed by atoms with E-state index >= 15 is 0 Å². The summed E-state index contributed by atoms with van der Waals surface area (Å²) in [5, 5.41) is 0. The zero-order valence-corrected chi connectivity index (χ0v) is 15.5. The van der Waals surface area contributed by atoms with Crippen molar-refractivity contribution in [1.82, 2.24) is 4.31 Å². The number of benzene rings is 1. The molecular weight excluding hydrogens is 310 g/mol. The fraction of sp³-hybridized carbons (Fsp3) is 0.667. The van der Waals surface area contributed by atoms with Crippen molar-refractivity contribution in [3.8, 4) is 0 Å². The quantitative estimate of drug-likeness (QED) is 0.826. The minimum Gasteiger partial charge on any atom is -0.385 e. The van der Waals surface area contributed by atoms with Crippen molar-refractivity contribution in [2.24, 2.45) is 5.92 Å². The second-order valence-electron chi connectivity index (χ2n) is 7.40. The van der Waals surface area contributed by atoms with Gasteiger partial charge in [-0.05, 0) is 48.3 Å². The highest BCUT2D eigenvalue weighted by Gasteiger charge is 2.29. The van der Waals surface area contributed by atoms with Gasteiger partial charge in [-0.25, -0.2) is 8.42 Å². The zero-order valence-electron chi connectivity index (χ0n) is 14.7. The molecule has 1 aromatic carbocycles. The first-order valence-corrected chi connectivity index (χ1v) is 9.79. The maximum Gasteiger partial charge on any atom is 0.243 e. The molecule has 0 saturated carbocycles. The van der Waals surface area contributed by atoms with Gasteiger partial charge in [0, 0.05) is 26.8 Å². The molecule has 0 aliphatic carbocycles. The second-order valence-corrected chi connectivity index (χ2v) is 9.34. The van der Waals surface area contributed by atoms with E-state index in [1.165, 1.54) is 0 Å². The van der Waals surface area contributed by atoms with Gasteiger partial charge in [0.2, 0.25) is 10.0 Å². The van der Waals surface area contributed by atoms with Gasteiger partial charge in [-0.1, -0.05) is 32.9 Å². The minimum absolute atomic E-state index is 0.0297. The smallest absolute Gasteiger partial charge is 0.243 e. The Hall–Kier alpha value is -0.910. The van der Waals surface area contributed by atoms with Crippen LogP contribution >= 0.6 is 0 Å². The van der Waals surface area contributed by atoms with Crippen LogP contribution in [0.4, 0.5) is 0 Å². The average Bonchev–Trinajstić information content (AvgIpc) is 2.52. The third-order valence-corrected chi connectivity index (χ3v) is 6.57. The standard InChI is InChI=1S/C18H29NO3S/c1-18(2,3)16-5-7-17(8-6-16)23(20,21)19-12-9-15(10-13-19)11-14-22-4/h5-8,15H,9-14H2,1-4H3. The van der Waals surface area contributed by atoms with Crippen molar-refractivity contribution in [1.29, 1.82) is 0 Å². The van der Waals surface area contributed by atoms with E-state index in [2.05, 4.69) is 20.8 Å². The molecule has 0 radical (unpaired) electrons. The number of piperidine rings is 1. The lowest BCUT2D eigenvalue weighted by atomic mass is 9.87. The topological polar surface area (TPSA) is 46.6 Å². The van der Waals surface area contributed by atoms with Gasteiger partial charge in [-0.2, -0.15) is 4.31 Å². The number of hydrogen-bond acceptors (Lipinski definition) is 3. The Balaban J connectivity index is 2.05. The summed E-state index contributed by atoms with van der Waals surface area (Å²) in [4.78, 5) is 0.404. The van der Waals surface area contributed by atoms with Gasteiger partial charge in [0.05, 0.1) is 4.90 Å². The third kappa shape index (κ3) is 4.55. The largest absolute Gasteiger partial charge is 0.385 e. The Labute approximate surface area is 140 Å². The lowest BCUT2D eigenvalue weighted by Gasteiger charge is -2.31. The summed E-state index contributed by atoms with van der Waals surface area (Å²) in [6, 6.07) is 7.34. The van der Waals surface area contributed by atoms with E-state index in [9.17, 15) is 8.42 Å². The predicted molar refractivity (Wildman–Crippen MR) is 93.1 cm³/mol. The first-order chi connectivity index (χ1) is 10.7. The van der Waals surface area contributed by atoms with E-state index < -0.39 is 10.0 Å². The van der Waals surface area contributed by atoms with Crippen LogP contribution in [-0.4, -0.2) is 39.5 Å². The molecule has 0 spiro atoms. The van der Waals surface area contributed by atoms with Crippen LogP contribution in [0.5, 0.6) is 0 Å². The summed E-state index contributed by atoms with van der Waals surface area (Å²) in [5.41, 5.74) is 1.18. The number of sulfonamides is 1. The number of nitrogens with zero attached hydrogens (tertiary/aromatic N) is 1. The van der Waals surface area contributed by atoms with Crippen molar-refractivity contribution < 1.29 is 13.2 Å². The van der Waals surface area contributed by atoms with Crippen LogP contribution in [0.3, 0.4) is 0 Å². The number of hydrogen-bond donors (Lipinski definition) is 0. The summed E-state index contributed by atoms with van der Waals surface area (Å²) in [5.74, 6) is 0.574. The molecule has 1 aromatic rings. The van der Waals surface area contributed by atoms with Crippen LogP contribution in [0.1, 0.15) is 45.6 Å². The zero-order chi connectivity index (χ0) is 17.1. The molecule has 1 heterocycles. The maximum absolute atomic E-state index is 12.8. The van der Waals surface area contributed by atoms with Crippen molar-refractivity contribution in [3.63, 3.8) is 0 Å². The van der Waals surface area contributed by atoms with Crippen molar-refractivity contribution in [2.75, 3.05) is 26.8 Å². The van der Waals surface area contributed by atoms with E-state index in [1.807, 2.05) is 12.1 Å². The molecule has 23 heavy (non-hydrogen) atoms. The highest BCUT2D eigenvalue weighted by Crippen LogP contribution is 2.27. The Kier molecular flexibility index (Phi) is 5.87. The van der Waals surface area contributed by atoms with Crippen LogP contribution in [-0.2, 0) is 20.2 Å². The molecule has 130 valence electrons. The molecule has 1 aliphatic heterocycles. The fourth-order valence-electron chi connectivity index (χ4n) is 3.00. The molecule has 0 N–H and O–H groups in total. The number of rotatable bonds is 5. The third-order valence-electron chi connectivity index (χ3n) is 4.66. The molecule has 0 bridgehead atoms. The summed E-state index contributed by atoms with van der Waals surface area (Å²) in [7, 11) is -1.66. The Morgan fingerprint density at radius 2 is 1.70 bits per heavy atom. The Bertz CT molecular complexity index is 594. The molecule has 2 rings (SSSR count). The van der Waals surface area contributed by atoms with Gasteiger partial charge >= 0.3 is 0 Å². The molecule has 0 aromatic heterocycles. The highest BCUT2D eigenvalue weighted by molar-refractivity contribution is 7.89. The summed E-state index contributed by atoms with van der Waals surface area (Å²) in [6.45, 7) is 8.35. The van der Waals surface area contributed by atoms with Crippen LogP contribution in [0.25, 0.3) is 0 Å². The molecule has 4 nitrogen and oxygen atoms in total. The first-order valence-electron chi connectivity index (χ1n) is 8.35.